The smallest absolute Gasteiger partial charge is 0.265 e. The highest BCUT2D eigenvalue weighted by Gasteiger charge is 2.16. The number of pyridine rings is 2. The summed E-state index contributed by atoms with van der Waals surface area (Å²) in [5.41, 5.74) is 7.21. The van der Waals surface area contributed by atoms with Crippen LogP contribution in [0.5, 0.6) is 5.75 Å². The summed E-state index contributed by atoms with van der Waals surface area (Å²) in [7, 11) is 0. The van der Waals surface area contributed by atoms with Gasteiger partial charge >= 0.3 is 0 Å². The van der Waals surface area contributed by atoms with Gasteiger partial charge in [0.05, 0.1) is 17.9 Å². The Bertz CT molecular complexity index is 1140. The molecule has 0 radical (unpaired) electrons. The highest BCUT2D eigenvalue weighted by Crippen LogP contribution is 2.27. The molecule has 0 saturated heterocycles. The number of benzene rings is 1. The lowest BCUT2D eigenvalue weighted by Crippen LogP contribution is -2.19. The lowest BCUT2D eigenvalue weighted by molar-refractivity contribution is 0.0985. The van der Waals surface area contributed by atoms with Crippen LogP contribution in [-0.2, 0) is 0 Å². The van der Waals surface area contributed by atoms with E-state index < -0.39 is 5.82 Å². The zero-order valence-electron chi connectivity index (χ0n) is 20.3. The van der Waals surface area contributed by atoms with Crippen LogP contribution in [0, 0.1) is 11.7 Å². The maximum atomic E-state index is 14.3. The third kappa shape index (κ3) is 8.13. The molecule has 0 saturated carbocycles. The molecule has 0 aliphatic rings. The zero-order valence-corrected chi connectivity index (χ0v) is 21.1. The van der Waals surface area contributed by atoms with Crippen LogP contribution in [0.25, 0.3) is 11.3 Å². The molecule has 0 aliphatic heterocycles. The monoisotopic (exact) mass is 497 g/mol. The highest BCUT2D eigenvalue weighted by molar-refractivity contribution is 7.97. The summed E-state index contributed by atoms with van der Waals surface area (Å²) in [5, 5.41) is 3.85. The molecule has 3 rings (SSSR count). The Labute approximate surface area is 210 Å². The van der Waals surface area contributed by atoms with Crippen LogP contribution in [0.4, 0.5) is 16.0 Å². The van der Waals surface area contributed by atoms with Crippen molar-refractivity contribution in [1.82, 2.24) is 14.7 Å². The van der Waals surface area contributed by atoms with E-state index in [1.54, 1.807) is 36.4 Å². The number of halogens is 1. The second-order valence-electron chi connectivity index (χ2n) is 8.54. The van der Waals surface area contributed by atoms with Crippen molar-refractivity contribution < 1.29 is 13.9 Å². The van der Waals surface area contributed by atoms with Crippen LogP contribution in [0.3, 0.4) is 0 Å². The molecule has 9 heteroatoms. The summed E-state index contributed by atoms with van der Waals surface area (Å²) in [5.74, 6) is 0.842. The van der Waals surface area contributed by atoms with Gasteiger partial charge in [0.25, 0.3) is 5.91 Å². The van der Waals surface area contributed by atoms with Gasteiger partial charge in [0.2, 0.25) is 0 Å². The van der Waals surface area contributed by atoms with Crippen molar-refractivity contribution in [3.05, 3.63) is 59.9 Å². The number of aromatic nitrogens is 2. The molecule has 0 unspecified atom stereocenters. The van der Waals surface area contributed by atoms with Crippen molar-refractivity contribution in [3.8, 4) is 17.0 Å². The van der Waals surface area contributed by atoms with E-state index in [2.05, 4.69) is 26.9 Å². The molecule has 0 spiro atoms. The van der Waals surface area contributed by atoms with Crippen LogP contribution in [-0.4, -0.2) is 29.0 Å². The molecule has 0 bridgehead atoms. The van der Waals surface area contributed by atoms with Gasteiger partial charge in [0.15, 0.2) is 0 Å². The minimum absolute atomic E-state index is 0.317. The van der Waals surface area contributed by atoms with Gasteiger partial charge < -0.3 is 15.8 Å². The van der Waals surface area contributed by atoms with E-state index in [-0.39, 0.29) is 5.91 Å². The number of rotatable bonds is 12. The van der Waals surface area contributed by atoms with Gasteiger partial charge in [-0.1, -0.05) is 39.7 Å². The molecule has 0 atom stereocenters. The first-order valence-corrected chi connectivity index (χ1v) is 12.6. The zero-order chi connectivity index (χ0) is 25.2. The van der Waals surface area contributed by atoms with Gasteiger partial charge in [0.1, 0.15) is 28.2 Å². The Morgan fingerprint density at radius 1 is 1.14 bits per heavy atom. The number of carbonyl (C=O) groups is 1. The predicted molar refractivity (Wildman–Crippen MR) is 140 cm³/mol. The average Bonchev–Trinajstić information content (AvgIpc) is 2.83. The van der Waals surface area contributed by atoms with Crippen LogP contribution < -0.4 is 20.5 Å². The van der Waals surface area contributed by atoms with Crippen LogP contribution in [0.2, 0.25) is 0 Å². The maximum Gasteiger partial charge on any atom is 0.265 e. The molecule has 0 aliphatic carbocycles. The second-order valence-corrected chi connectivity index (χ2v) is 9.37. The van der Waals surface area contributed by atoms with Crippen molar-refractivity contribution in [1.29, 1.82) is 0 Å². The van der Waals surface area contributed by atoms with Crippen molar-refractivity contribution in [2.75, 3.05) is 24.2 Å². The first kappa shape index (κ1) is 26.3. The Morgan fingerprint density at radius 2 is 1.97 bits per heavy atom. The fourth-order valence-electron chi connectivity index (χ4n) is 3.22. The molecular formula is C26H32FN5O2S. The summed E-state index contributed by atoms with van der Waals surface area (Å²) in [4.78, 5) is 21.8. The van der Waals surface area contributed by atoms with Crippen molar-refractivity contribution >= 4 is 29.5 Å². The summed E-state index contributed by atoms with van der Waals surface area (Å²) in [6.07, 6.45) is 3.08. The van der Waals surface area contributed by atoms with Gasteiger partial charge in [-0.25, -0.2) is 14.4 Å². The van der Waals surface area contributed by atoms with Crippen molar-refractivity contribution in [3.63, 3.8) is 0 Å². The number of carbonyl (C=O) groups excluding carboxylic acids is 1. The second kappa shape index (κ2) is 12.9. The number of nitrogen functional groups attached to an aromatic ring is 1. The lowest BCUT2D eigenvalue weighted by atomic mass is 10.1. The number of hydrogen-bond donors (Lipinski definition) is 3. The first-order chi connectivity index (χ1) is 16.9. The molecule has 3 aromatic rings. The predicted octanol–water partition coefficient (Wildman–Crippen LogP) is 5.94. The van der Waals surface area contributed by atoms with Gasteiger partial charge in [0, 0.05) is 30.1 Å². The first-order valence-electron chi connectivity index (χ1n) is 11.7. The number of nitrogens with one attached hydrogen (secondary N) is 2. The molecule has 4 N–H and O–H groups in total. The third-order valence-corrected chi connectivity index (χ3v) is 5.68. The van der Waals surface area contributed by atoms with E-state index in [9.17, 15) is 9.18 Å². The molecule has 1 amide bonds. The molecule has 35 heavy (non-hydrogen) atoms. The molecular weight excluding hydrogens is 465 g/mol. The largest absolute Gasteiger partial charge is 0.493 e. The van der Waals surface area contributed by atoms with E-state index in [1.165, 1.54) is 12.1 Å². The molecule has 1 aromatic carbocycles. The maximum absolute atomic E-state index is 14.3. The number of unbranched alkanes of at least 4 members (excludes halogenated alkanes) is 2. The Kier molecular flexibility index (Phi) is 9.72. The average molecular weight is 498 g/mol. The number of amides is 1. The van der Waals surface area contributed by atoms with Crippen LogP contribution in [0.1, 0.15) is 50.4 Å². The van der Waals surface area contributed by atoms with Crippen LogP contribution in [0.15, 0.2) is 53.6 Å². The number of hydrogen-bond acceptors (Lipinski definition) is 7. The van der Waals surface area contributed by atoms with E-state index in [0.717, 1.165) is 31.2 Å². The number of anilines is 2. The summed E-state index contributed by atoms with van der Waals surface area (Å²) < 4.78 is 22.8. The summed E-state index contributed by atoms with van der Waals surface area (Å²) in [6.45, 7) is 7.34. The van der Waals surface area contributed by atoms with E-state index in [4.69, 9.17) is 10.5 Å². The molecule has 7 nitrogen and oxygen atoms in total. The topological polar surface area (TPSA) is 102 Å². The standard InChI is InChI=1S/C26H32FN5O2S/c1-4-5-6-12-29-25-21(26(33)32-35-24-9-7-8-23(28)31-24)10-11-22(30-25)18-13-19(27)15-20(14-18)34-16-17(2)3/h7-11,13-15,17H,4-6,12,16H2,1-3H3,(H2,28,31)(H,29,30)(H,32,33). The van der Waals surface area contributed by atoms with Crippen LogP contribution >= 0.6 is 11.9 Å². The highest BCUT2D eigenvalue weighted by atomic mass is 32.2. The van der Waals surface area contributed by atoms with Crippen molar-refractivity contribution in [2.24, 2.45) is 5.92 Å². The SMILES string of the molecule is CCCCCNc1nc(-c2cc(F)cc(OCC(C)C)c2)ccc1C(=O)NSc1cccc(N)n1. The summed E-state index contributed by atoms with van der Waals surface area (Å²) >= 11 is 1.08. The number of nitrogens with two attached hydrogens (primary N) is 1. The van der Waals surface area contributed by atoms with E-state index in [0.29, 0.717) is 58.3 Å². The Balaban J connectivity index is 1.84. The number of ether oxygens (including phenoxy) is 1. The van der Waals surface area contributed by atoms with Gasteiger partial charge in [-0.2, -0.15) is 0 Å². The molecule has 0 fully saturated rings. The third-order valence-electron chi connectivity index (χ3n) is 4.96. The quantitative estimate of drug-likeness (QED) is 0.210. The minimum atomic E-state index is -0.409. The van der Waals surface area contributed by atoms with Gasteiger partial charge in [-0.15, -0.1) is 0 Å². The Morgan fingerprint density at radius 3 is 2.71 bits per heavy atom. The minimum Gasteiger partial charge on any atom is -0.493 e. The normalized spacial score (nSPS) is 10.9. The molecule has 2 aromatic heterocycles. The summed E-state index contributed by atoms with van der Waals surface area (Å²) in [6, 6.07) is 13.1. The lowest BCUT2D eigenvalue weighted by Gasteiger charge is -2.14. The fraction of sp³-hybridized carbons (Fsp3) is 0.346. The molecule has 186 valence electrons. The fourth-order valence-corrected chi connectivity index (χ4v) is 3.82. The van der Waals surface area contributed by atoms with E-state index in [1.807, 2.05) is 13.8 Å². The number of nitrogens with zero attached hydrogens (tertiary/aromatic N) is 2. The van der Waals surface area contributed by atoms with Gasteiger partial charge in [-0.05, 0) is 48.7 Å². The molecule has 2 heterocycles. The van der Waals surface area contributed by atoms with Gasteiger partial charge in [-0.3, -0.25) is 9.52 Å². The van der Waals surface area contributed by atoms with Crippen molar-refractivity contribution in [2.45, 2.75) is 45.1 Å². The van der Waals surface area contributed by atoms with E-state index >= 15 is 0 Å². The Hall–Kier alpha value is -3.33.